The first-order valence-electron chi connectivity index (χ1n) is 6.72. The molecule has 3 heteroatoms. The molecule has 0 amide bonds. The standard InChI is InChI=1S/C13H29N3/c1-12(2)14-10-13(3)11-16-7-5-6-15(4)8-9-16/h12-14H,5-11H2,1-4H3. The first kappa shape index (κ1) is 13.9. The van der Waals surface area contributed by atoms with E-state index in [1.807, 2.05) is 0 Å². The van der Waals surface area contributed by atoms with Crippen molar-refractivity contribution in [3.63, 3.8) is 0 Å². The summed E-state index contributed by atoms with van der Waals surface area (Å²) in [6.45, 7) is 14.2. The van der Waals surface area contributed by atoms with Crippen LogP contribution in [-0.2, 0) is 0 Å². The minimum atomic E-state index is 0.609. The van der Waals surface area contributed by atoms with Crippen LogP contribution in [0.3, 0.4) is 0 Å². The molecular weight excluding hydrogens is 198 g/mol. The van der Waals surface area contributed by atoms with Crippen LogP contribution in [0.4, 0.5) is 0 Å². The van der Waals surface area contributed by atoms with Crippen LogP contribution < -0.4 is 5.32 Å². The zero-order valence-electron chi connectivity index (χ0n) is 11.5. The summed E-state index contributed by atoms with van der Waals surface area (Å²) in [5.74, 6) is 0.755. The zero-order valence-corrected chi connectivity index (χ0v) is 11.5. The molecule has 0 aliphatic carbocycles. The third-order valence-corrected chi connectivity index (χ3v) is 3.26. The highest BCUT2D eigenvalue weighted by molar-refractivity contribution is 4.70. The molecule has 1 aliphatic rings. The minimum Gasteiger partial charge on any atom is -0.314 e. The monoisotopic (exact) mass is 227 g/mol. The van der Waals surface area contributed by atoms with Crippen molar-refractivity contribution in [3.05, 3.63) is 0 Å². The Hall–Kier alpha value is -0.120. The lowest BCUT2D eigenvalue weighted by molar-refractivity contribution is 0.238. The van der Waals surface area contributed by atoms with Crippen molar-refractivity contribution >= 4 is 0 Å². The maximum absolute atomic E-state index is 3.52. The van der Waals surface area contributed by atoms with Crippen molar-refractivity contribution in [1.29, 1.82) is 0 Å². The highest BCUT2D eigenvalue weighted by atomic mass is 15.2. The maximum atomic E-state index is 3.52. The summed E-state index contributed by atoms with van der Waals surface area (Å²) in [5, 5.41) is 3.52. The Kier molecular flexibility index (Phi) is 6.32. The summed E-state index contributed by atoms with van der Waals surface area (Å²) in [6, 6.07) is 0.609. The van der Waals surface area contributed by atoms with Crippen LogP contribution in [0, 0.1) is 5.92 Å². The summed E-state index contributed by atoms with van der Waals surface area (Å²) in [5.41, 5.74) is 0. The third-order valence-electron chi connectivity index (χ3n) is 3.26. The molecular formula is C13H29N3. The molecule has 1 heterocycles. The van der Waals surface area contributed by atoms with E-state index >= 15 is 0 Å². The molecule has 1 fully saturated rings. The lowest BCUT2D eigenvalue weighted by atomic mass is 10.1. The van der Waals surface area contributed by atoms with Crippen LogP contribution in [0.2, 0.25) is 0 Å². The summed E-state index contributed by atoms with van der Waals surface area (Å²) in [4.78, 5) is 5.06. The topological polar surface area (TPSA) is 18.5 Å². The SMILES string of the molecule is CC(CNC(C)C)CN1CCCN(C)CC1. The van der Waals surface area contributed by atoms with Gasteiger partial charge in [0.15, 0.2) is 0 Å². The molecule has 16 heavy (non-hydrogen) atoms. The predicted octanol–water partition coefficient (Wildman–Crippen LogP) is 1.26. The van der Waals surface area contributed by atoms with Crippen LogP contribution >= 0.6 is 0 Å². The number of hydrogen-bond donors (Lipinski definition) is 1. The molecule has 0 bridgehead atoms. The van der Waals surface area contributed by atoms with Gasteiger partial charge in [0, 0.05) is 25.7 Å². The Bertz CT molecular complexity index is 182. The van der Waals surface area contributed by atoms with E-state index < -0.39 is 0 Å². The summed E-state index contributed by atoms with van der Waals surface area (Å²) in [7, 11) is 2.23. The molecule has 0 aromatic heterocycles. The first-order chi connectivity index (χ1) is 7.58. The summed E-state index contributed by atoms with van der Waals surface area (Å²) in [6.07, 6.45) is 1.32. The number of hydrogen-bond acceptors (Lipinski definition) is 3. The van der Waals surface area contributed by atoms with Gasteiger partial charge in [-0.2, -0.15) is 0 Å². The van der Waals surface area contributed by atoms with Crippen LogP contribution in [0.15, 0.2) is 0 Å². The van der Waals surface area contributed by atoms with Crippen molar-refractivity contribution in [2.75, 3.05) is 46.3 Å². The molecule has 0 aromatic carbocycles. The molecule has 0 saturated carbocycles. The van der Waals surface area contributed by atoms with E-state index in [-0.39, 0.29) is 0 Å². The molecule has 1 atom stereocenters. The van der Waals surface area contributed by atoms with E-state index in [4.69, 9.17) is 0 Å². The predicted molar refractivity (Wildman–Crippen MR) is 70.9 cm³/mol. The number of rotatable bonds is 5. The van der Waals surface area contributed by atoms with Crippen molar-refractivity contribution in [1.82, 2.24) is 15.1 Å². The second-order valence-corrected chi connectivity index (χ2v) is 5.63. The van der Waals surface area contributed by atoms with Crippen molar-refractivity contribution < 1.29 is 0 Å². The van der Waals surface area contributed by atoms with Gasteiger partial charge in [0.2, 0.25) is 0 Å². The lowest BCUT2D eigenvalue weighted by Crippen LogP contribution is -2.37. The number of nitrogens with one attached hydrogen (secondary N) is 1. The highest BCUT2D eigenvalue weighted by Crippen LogP contribution is 2.05. The fraction of sp³-hybridized carbons (Fsp3) is 1.00. The Morgan fingerprint density at radius 3 is 2.50 bits per heavy atom. The van der Waals surface area contributed by atoms with Crippen molar-refractivity contribution in [2.24, 2.45) is 5.92 Å². The number of nitrogens with zero attached hydrogens (tertiary/aromatic N) is 2. The molecule has 1 aliphatic heterocycles. The van der Waals surface area contributed by atoms with E-state index in [0.29, 0.717) is 6.04 Å². The Morgan fingerprint density at radius 2 is 1.81 bits per heavy atom. The summed E-state index contributed by atoms with van der Waals surface area (Å²) < 4.78 is 0. The zero-order chi connectivity index (χ0) is 12.0. The third kappa shape index (κ3) is 5.83. The van der Waals surface area contributed by atoms with E-state index in [1.165, 1.54) is 39.1 Å². The molecule has 1 saturated heterocycles. The molecule has 1 N–H and O–H groups in total. The quantitative estimate of drug-likeness (QED) is 0.763. The highest BCUT2D eigenvalue weighted by Gasteiger charge is 2.14. The van der Waals surface area contributed by atoms with Gasteiger partial charge >= 0.3 is 0 Å². The first-order valence-corrected chi connectivity index (χ1v) is 6.72. The van der Waals surface area contributed by atoms with Crippen LogP contribution in [0.5, 0.6) is 0 Å². The average molecular weight is 227 g/mol. The molecule has 3 nitrogen and oxygen atoms in total. The molecule has 1 unspecified atom stereocenters. The maximum Gasteiger partial charge on any atom is 0.0109 e. The molecule has 0 radical (unpaired) electrons. The fourth-order valence-electron chi connectivity index (χ4n) is 2.22. The fourth-order valence-corrected chi connectivity index (χ4v) is 2.22. The van der Waals surface area contributed by atoms with Gasteiger partial charge in [-0.1, -0.05) is 20.8 Å². The Labute approximate surface area is 101 Å². The normalized spacial score (nSPS) is 22.3. The van der Waals surface area contributed by atoms with Crippen LogP contribution in [0.1, 0.15) is 27.2 Å². The number of likely N-dealkylation sites (N-methyl/N-ethyl adjacent to an activating group) is 1. The van der Waals surface area contributed by atoms with E-state index in [9.17, 15) is 0 Å². The Morgan fingerprint density at radius 1 is 1.06 bits per heavy atom. The van der Waals surface area contributed by atoms with Gasteiger partial charge < -0.3 is 15.1 Å². The van der Waals surface area contributed by atoms with Gasteiger partial charge in [-0.25, -0.2) is 0 Å². The second-order valence-electron chi connectivity index (χ2n) is 5.63. The van der Waals surface area contributed by atoms with Gasteiger partial charge in [-0.3, -0.25) is 0 Å². The lowest BCUT2D eigenvalue weighted by Gasteiger charge is -2.24. The largest absolute Gasteiger partial charge is 0.314 e. The molecule has 0 spiro atoms. The molecule has 96 valence electrons. The van der Waals surface area contributed by atoms with Crippen LogP contribution in [0.25, 0.3) is 0 Å². The van der Waals surface area contributed by atoms with E-state index in [1.54, 1.807) is 0 Å². The average Bonchev–Trinajstić information content (AvgIpc) is 2.41. The van der Waals surface area contributed by atoms with Gasteiger partial charge in [0.1, 0.15) is 0 Å². The minimum absolute atomic E-state index is 0.609. The molecule has 1 rings (SSSR count). The van der Waals surface area contributed by atoms with E-state index in [2.05, 4.69) is 42.9 Å². The van der Waals surface area contributed by atoms with Gasteiger partial charge in [0.05, 0.1) is 0 Å². The molecule has 0 aromatic rings. The van der Waals surface area contributed by atoms with Gasteiger partial charge in [-0.05, 0) is 39.0 Å². The van der Waals surface area contributed by atoms with Crippen molar-refractivity contribution in [2.45, 2.75) is 33.2 Å². The van der Waals surface area contributed by atoms with Gasteiger partial charge in [-0.15, -0.1) is 0 Å². The van der Waals surface area contributed by atoms with Crippen LogP contribution in [-0.4, -0.2) is 62.2 Å². The van der Waals surface area contributed by atoms with E-state index in [0.717, 1.165) is 12.5 Å². The smallest absolute Gasteiger partial charge is 0.0109 e. The summed E-state index contributed by atoms with van der Waals surface area (Å²) >= 11 is 0. The second kappa shape index (κ2) is 7.25. The Balaban J connectivity index is 2.19. The van der Waals surface area contributed by atoms with Gasteiger partial charge in [0.25, 0.3) is 0 Å². The van der Waals surface area contributed by atoms with Crippen molar-refractivity contribution in [3.8, 4) is 0 Å².